The summed E-state index contributed by atoms with van der Waals surface area (Å²) in [6, 6.07) is 7.51. The van der Waals surface area contributed by atoms with Crippen molar-refractivity contribution in [2.75, 3.05) is 18.0 Å². The number of hydrogen-bond donors (Lipinski definition) is 1. The second kappa shape index (κ2) is 8.31. The zero-order valence-electron chi connectivity index (χ0n) is 13.9. The van der Waals surface area contributed by atoms with Crippen molar-refractivity contribution in [3.8, 4) is 0 Å². The van der Waals surface area contributed by atoms with Crippen molar-refractivity contribution < 1.29 is 0 Å². The van der Waals surface area contributed by atoms with Gasteiger partial charge in [-0.05, 0) is 61.9 Å². The molecule has 0 saturated heterocycles. The molecule has 1 rings (SSSR count). The van der Waals surface area contributed by atoms with E-state index in [1.54, 1.807) is 0 Å². The molecular weight excluding hydrogens is 244 g/mol. The average Bonchev–Trinajstić information content (AvgIpc) is 2.41. The van der Waals surface area contributed by atoms with Crippen LogP contribution in [0.25, 0.3) is 0 Å². The van der Waals surface area contributed by atoms with Crippen LogP contribution in [0.4, 0.5) is 5.69 Å². The third-order valence-corrected chi connectivity index (χ3v) is 4.02. The number of aryl methyl sites for hydroxylation is 1. The van der Waals surface area contributed by atoms with E-state index in [0.29, 0.717) is 12.0 Å². The summed E-state index contributed by atoms with van der Waals surface area (Å²) in [4.78, 5) is 2.59. The van der Waals surface area contributed by atoms with Gasteiger partial charge in [0.2, 0.25) is 0 Å². The Kier molecular flexibility index (Phi) is 7.08. The molecule has 0 spiro atoms. The minimum absolute atomic E-state index is 0.636. The molecule has 20 heavy (non-hydrogen) atoms. The molecule has 2 nitrogen and oxygen atoms in total. The van der Waals surface area contributed by atoms with Gasteiger partial charge in [0.05, 0.1) is 0 Å². The number of anilines is 1. The maximum Gasteiger partial charge on any atom is 0.0371 e. The van der Waals surface area contributed by atoms with Crippen molar-refractivity contribution >= 4 is 5.69 Å². The lowest BCUT2D eigenvalue weighted by Crippen LogP contribution is -2.37. The Labute approximate surface area is 125 Å². The zero-order valence-corrected chi connectivity index (χ0v) is 13.9. The fourth-order valence-corrected chi connectivity index (χ4v) is 2.88. The number of hydrogen-bond acceptors (Lipinski definition) is 2. The summed E-state index contributed by atoms with van der Waals surface area (Å²) in [5.41, 5.74) is 9.79. The van der Waals surface area contributed by atoms with Crippen molar-refractivity contribution in [2.24, 2.45) is 11.7 Å². The standard InChI is InChI=1S/C18H32N2/c1-6-17(7-2)20(13-14(3)4)18-9-8-16(10-11-19)15(5)12-18/h8-9,12,14,17H,6-7,10-11,13,19H2,1-5H3. The smallest absolute Gasteiger partial charge is 0.0371 e. The largest absolute Gasteiger partial charge is 0.368 e. The fraction of sp³-hybridized carbons (Fsp3) is 0.667. The van der Waals surface area contributed by atoms with Crippen molar-refractivity contribution in [1.82, 2.24) is 0 Å². The van der Waals surface area contributed by atoms with Crippen LogP contribution in [0.5, 0.6) is 0 Å². The van der Waals surface area contributed by atoms with E-state index in [9.17, 15) is 0 Å². The maximum absolute atomic E-state index is 5.67. The molecule has 0 atom stereocenters. The minimum Gasteiger partial charge on any atom is -0.368 e. The Balaban J connectivity index is 3.03. The van der Waals surface area contributed by atoms with E-state index < -0.39 is 0 Å². The van der Waals surface area contributed by atoms with Gasteiger partial charge in [-0.15, -0.1) is 0 Å². The van der Waals surface area contributed by atoms with E-state index in [2.05, 4.69) is 57.7 Å². The monoisotopic (exact) mass is 276 g/mol. The second-order valence-electron chi connectivity index (χ2n) is 6.17. The number of nitrogens with two attached hydrogens (primary N) is 1. The Morgan fingerprint density at radius 1 is 1.15 bits per heavy atom. The van der Waals surface area contributed by atoms with E-state index in [0.717, 1.165) is 19.5 Å². The molecule has 0 amide bonds. The highest BCUT2D eigenvalue weighted by molar-refractivity contribution is 5.51. The molecule has 114 valence electrons. The molecule has 0 aliphatic rings. The van der Waals surface area contributed by atoms with Crippen LogP contribution in [0.1, 0.15) is 51.7 Å². The quantitative estimate of drug-likeness (QED) is 0.773. The summed E-state index contributed by atoms with van der Waals surface area (Å²) in [6.07, 6.45) is 3.38. The van der Waals surface area contributed by atoms with E-state index in [4.69, 9.17) is 5.73 Å². The molecule has 0 bridgehead atoms. The van der Waals surface area contributed by atoms with E-state index in [1.807, 2.05) is 0 Å². The molecule has 1 aromatic carbocycles. The Morgan fingerprint density at radius 2 is 1.80 bits per heavy atom. The van der Waals surface area contributed by atoms with Crippen molar-refractivity contribution in [3.05, 3.63) is 29.3 Å². The predicted molar refractivity (Wildman–Crippen MR) is 90.5 cm³/mol. The van der Waals surface area contributed by atoms with Gasteiger partial charge in [0.15, 0.2) is 0 Å². The molecule has 0 heterocycles. The highest BCUT2D eigenvalue weighted by atomic mass is 15.2. The SMILES string of the molecule is CCC(CC)N(CC(C)C)c1ccc(CCN)c(C)c1. The van der Waals surface area contributed by atoms with Crippen LogP contribution in [0.15, 0.2) is 18.2 Å². The molecule has 0 unspecified atom stereocenters. The topological polar surface area (TPSA) is 29.3 Å². The van der Waals surface area contributed by atoms with E-state index in [1.165, 1.54) is 29.7 Å². The van der Waals surface area contributed by atoms with Crippen LogP contribution >= 0.6 is 0 Å². The summed E-state index contributed by atoms with van der Waals surface area (Å²) < 4.78 is 0. The summed E-state index contributed by atoms with van der Waals surface area (Å²) in [7, 11) is 0. The normalized spacial score (nSPS) is 11.4. The number of nitrogens with zero attached hydrogens (tertiary/aromatic N) is 1. The molecule has 2 heteroatoms. The average molecular weight is 276 g/mol. The van der Waals surface area contributed by atoms with Crippen LogP contribution in [0.2, 0.25) is 0 Å². The van der Waals surface area contributed by atoms with Gasteiger partial charge in [-0.2, -0.15) is 0 Å². The van der Waals surface area contributed by atoms with Crippen molar-refractivity contribution in [3.63, 3.8) is 0 Å². The van der Waals surface area contributed by atoms with Gasteiger partial charge in [0.25, 0.3) is 0 Å². The van der Waals surface area contributed by atoms with Gasteiger partial charge < -0.3 is 10.6 Å². The predicted octanol–water partition coefficient (Wildman–Crippen LogP) is 4.15. The van der Waals surface area contributed by atoms with Gasteiger partial charge >= 0.3 is 0 Å². The number of rotatable bonds is 8. The molecular formula is C18H32N2. The van der Waals surface area contributed by atoms with Gasteiger partial charge in [-0.3, -0.25) is 0 Å². The molecule has 0 aromatic heterocycles. The fourth-order valence-electron chi connectivity index (χ4n) is 2.88. The summed E-state index contributed by atoms with van der Waals surface area (Å²) in [5.74, 6) is 0.680. The lowest BCUT2D eigenvalue weighted by atomic mass is 10.0. The minimum atomic E-state index is 0.636. The second-order valence-corrected chi connectivity index (χ2v) is 6.17. The summed E-state index contributed by atoms with van der Waals surface area (Å²) in [6.45, 7) is 13.2. The van der Waals surface area contributed by atoms with Gasteiger partial charge in [0.1, 0.15) is 0 Å². The first-order chi connectivity index (χ1) is 9.53. The van der Waals surface area contributed by atoms with Crippen LogP contribution in [0, 0.1) is 12.8 Å². The van der Waals surface area contributed by atoms with E-state index >= 15 is 0 Å². The van der Waals surface area contributed by atoms with Gasteiger partial charge in [0, 0.05) is 18.3 Å². The van der Waals surface area contributed by atoms with Crippen LogP contribution in [-0.2, 0) is 6.42 Å². The Bertz CT molecular complexity index is 394. The molecule has 0 fully saturated rings. The van der Waals surface area contributed by atoms with Gasteiger partial charge in [-0.25, -0.2) is 0 Å². The molecule has 0 aliphatic heterocycles. The first kappa shape index (κ1) is 17.0. The highest BCUT2D eigenvalue weighted by Gasteiger charge is 2.17. The van der Waals surface area contributed by atoms with E-state index in [-0.39, 0.29) is 0 Å². The van der Waals surface area contributed by atoms with Crippen LogP contribution < -0.4 is 10.6 Å². The molecule has 0 radical (unpaired) electrons. The van der Waals surface area contributed by atoms with Crippen molar-refractivity contribution in [1.29, 1.82) is 0 Å². The molecule has 2 N–H and O–H groups in total. The number of benzene rings is 1. The Hall–Kier alpha value is -1.02. The first-order valence-electron chi connectivity index (χ1n) is 8.09. The van der Waals surface area contributed by atoms with Crippen LogP contribution in [-0.4, -0.2) is 19.1 Å². The maximum atomic E-state index is 5.67. The highest BCUT2D eigenvalue weighted by Crippen LogP contribution is 2.25. The lowest BCUT2D eigenvalue weighted by Gasteiger charge is -2.34. The third kappa shape index (κ3) is 4.52. The van der Waals surface area contributed by atoms with Crippen molar-refractivity contribution in [2.45, 2.75) is 59.9 Å². The zero-order chi connectivity index (χ0) is 15.1. The Morgan fingerprint density at radius 3 is 2.25 bits per heavy atom. The summed E-state index contributed by atoms with van der Waals surface area (Å²) >= 11 is 0. The summed E-state index contributed by atoms with van der Waals surface area (Å²) in [5, 5.41) is 0. The molecule has 0 saturated carbocycles. The first-order valence-corrected chi connectivity index (χ1v) is 8.09. The molecule has 1 aromatic rings. The third-order valence-electron chi connectivity index (χ3n) is 4.02. The van der Waals surface area contributed by atoms with Crippen LogP contribution in [0.3, 0.4) is 0 Å². The lowest BCUT2D eigenvalue weighted by molar-refractivity contribution is 0.507. The molecule has 0 aliphatic carbocycles. The van der Waals surface area contributed by atoms with Gasteiger partial charge in [-0.1, -0.05) is 33.8 Å².